The van der Waals surface area contributed by atoms with Crippen LogP contribution in [0, 0.1) is 5.92 Å². The number of hydrogen-bond acceptors (Lipinski definition) is 4. The van der Waals surface area contributed by atoms with Crippen molar-refractivity contribution in [2.75, 3.05) is 26.9 Å². The number of unbranched alkanes of at least 4 members (excludes halogenated alkanes) is 1. The van der Waals surface area contributed by atoms with Gasteiger partial charge < -0.3 is 20.1 Å². The fourth-order valence-electron chi connectivity index (χ4n) is 2.71. The maximum Gasteiger partial charge on any atom is 0.267 e. The van der Waals surface area contributed by atoms with Crippen molar-refractivity contribution in [1.82, 2.24) is 10.6 Å². The Kier molecular flexibility index (Phi) is 10.2. The zero-order chi connectivity index (χ0) is 21.8. The second kappa shape index (κ2) is 12.9. The standard InChI is InChI=1S/C23H29ClN2O4/c1-3-4-14-30-20-11-7-18(8-12-20)22(27)26-21(23(28)25-13-15-29-2)16-17-5-9-19(24)10-6-17/h5-7,9-12,16,18H,3-4,8,13-15H2,1-2H3,(H,25,28)(H,26,27)/b21-16-. The van der Waals surface area contributed by atoms with Gasteiger partial charge in [0.15, 0.2) is 0 Å². The van der Waals surface area contributed by atoms with Gasteiger partial charge in [0.1, 0.15) is 11.5 Å². The summed E-state index contributed by atoms with van der Waals surface area (Å²) in [4.78, 5) is 25.3. The Morgan fingerprint density at radius 3 is 2.63 bits per heavy atom. The number of carbonyl (C=O) groups excluding carboxylic acids is 2. The lowest BCUT2D eigenvalue weighted by Gasteiger charge is -2.18. The molecular formula is C23H29ClN2O4. The van der Waals surface area contributed by atoms with Gasteiger partial charge in [0.2, 0.25) is 5.91 Å². The van der Waals surface area contributed by atoms with Crippen molar-refractivity contribution < 1.29 is 19.1 Å². The molecule has 0 fully saturated rings. The number of amides is 2. The van der Waals surface area contributed by atoms with E-state index in [1.54, 1.807) is 43.5 Å². The molecule has 2 amide bonds. The Bertz CT molecular complexity index is 800. The third-order valence-electron chi connectivity index (χ3n) is 4.44. The van der Waals surface area contributed by atoms with Crippen molar-refractivity contribution in [3.8, 4) is 0 Å². The van der Waals surface area contributed by atoms with Gasteiger partial charge in [-0.1, -0.05) is 43.2 Å². The lowest BCUT2D eigenvalue weighted by Crippen LogP contribution is -2.38. The van der Waals surface area contributed by atoms with E-state index in [0.29, 0.717) is 31.2 Å². The van der Waals surface area contributed by atoms with Crippen LogP contribution in [0.2, 0.25) is 5.02 Å². The van der Waals surface area contributed by atoms with Crippen LogP contribution in [0.5, 0.6) is 0 Å². The van der Waals surface area contributed by atoms with Gasteiger partial charge in [-0.2, -0.15) is 0 Å². The van der Waals surface area contributed by atoms with Crippen molar-refractivity contribution in [2.24, 2.45) is 5.92 Å². The quantitative estimate of drug-likeness (QED) is 0.411. The molecule has 30 heavy (non-hydrogen) atoms. The van der Waals surface area contributed by atoms with Crippen LogP contribution in [0.1, 0.15) is 31.7 Å². The number of methoxy groups -OCH3 is 1. The third kappa shape index (κ3) is 8.05. The first-order valence-electron chi connectivity index (χ1n) is 10.1. The van der Waals surface area contributed by atoms with Crippen molar-refractivity contribution >= 4 is 29.5 Å². The van der Waals surface area contributed by atoms with Crippen molar-refractivity contribution in [3.63, 3.8) is 0 Å². The summed E-state index contributed by atoms with van der Waals surface area (Å²) in [6.45, 7) is 3.49. The average molecular weight is 433 g/mol. The molecule has 6 nitrogen and oxygen atoms in total. The topological polar surface area (TPSA) is 76.7 Å². The van der Waals surface area contributed by atoms with E-state index < -0.39 is 0 Å². The predicted molar refractivity (Wildman–Crippen MR) is 119 cm³/mol. The van der Waals surface area contributed by atoms with Gasteiger partial charge >= 0.3 is 0 Å². The van der Waals surface area contributed by atoms with E-state index in [0.717, 1.165) is 24.2 Å². The van der Waals surface area contributed by atoms with Gasteiger partial charge in [0.05, 0.1) is 19.1 Å². The Balaban J connectivity index is 2.04. The fraction of sp³-hybridized carbons (Fsp3) is 0.391. The predicted octanol–water partition coefficient (Wildman–Crippen LogP) is 3.84. The van der Waals surface area contributed by atoms with Gasteiger partial charge in [-0.3, -0.25) is 9.59 Å². The largest absolute Gasteiger partial charge is 0.494 e. The summed E-state index contributed by atoms with van der Waals surface area (Å²) in [6, 6.07) is 7.01. The van der Waals surface area contributed by atoms with Crippen molar-refractivity contribution in [3.05, 3.63) is 64.5 Å². The van der Waals surface area contributed by atoms with Crippen LogP contribution in [-0.2, 0) is 19.1 Å². The summed E-state index contributed by atoms with van der Waals surface area (Å²) in [6.07, 6.45) is 9.72. The minimum Gasteiger partial charge on any atom is -0.494 e. The van der Waals surface area contributed by atoms with Crippen LogP contribution in [0.3, 0.4) is 0 Å². The Morgan fingerprint density at radius 2 is 2.00 bits per heavy atom. The highest BCUT2D eigenvalue weighted by Crippen LogP contribution is 2.19. The molecule has 0 spiro atoms. The molecule has 1 unspecified atom stereocenters. The Morgan fingerprint density at radius 1 is 1.23 bits per heavy atom. The molecule has 0 radical (unpaired) electrons. The normalized spacial score (nSPS) is 16.0. The second-order valence-corrected chi connectivity index (χ2v) is 7.29. The van der Waals surface area contributed by atoms with Crippen LogP contribution >= 0.6 is 11.6 Å². The number of carbonyl (C=O) groups is 2. The molecule has 0 aliphatic heterocycles. The Labute approximate surface area is 183 Å². The second-order valence-electron chi connectivity index (χ2n) is 6.86. The minimum atomic E-state index is -0.380. The Hall–Kier alpha value is -2.57. The number of hydrogen-bond donors (Lipinski definition) is 2. The maximum atomic E-state index is 12.8. The number of halogens is 1. The summed E-state index contributed by atoms with van der Waals surface area (Å²) >= 11 is 5.93. The first kappa shape index (κ1) is 23.7. The molecule has 1 aliphatic carbocycles. The van der Waals surface area contributed by atoms with Crippen LogP contribution in [-0.4, -0.2) is 38.7 Å². The molecule has 2 N–H and O–H groups in total. The van der Waals surface area contributed by atoms with Gasteiger partial charge in [-0.15, -0.1) is 0 Å². The van der Waals surface area contributed by atoms with E-state index in [1.807, 2.05) is 12.2 Å². The van der Waals surface area contributed by atoms with Crippen LogP contribution in [0.25, 0.3) is 6.08 Å². The number of allylic oxidation sites excluding steroid dienone is 2. The van der Waals surface area contributed by atoms with E-state index in [1.165, 1.54) is 0 Å². The molecule has 0 heterocycles. The zero-order valence-electron chi connectivity index (χ0n) is 17.4. The van der Waals surface area contributed by atoms with E-state index in [2.05, 4.69) is 17.6 Å². The smallest absolute Gasteiger partial charge is 0.267 e. The van der Waals surface area contributed by atoms with Gasteiger partial charge in [-0.25, -0.2) is 0 Å². The highest BCUT2D eigenvalue weighted by Gasteiger charge is 2.21. The fourth-order valence-corrected chi connectivity index (χ4v) is 2.83. The molecule has 0 aromatic heterocycles. The zero-order valence-corrected chi connectivity index (χ0v) is 18.2. The molecular weight excluding hydrogens is 404 g/mol. The number of ether oxygens (including phenoxy) is 2. The summed E-state index contributed by atoms with van der Waals surface area (Å²) in [5.41, 5.74) is 0.920. The molecule has 2 rings (SSSR count). The molecule has 1 aromatic rings. The van der Waals surface area contributed by atoms with Crippen LogP contribution in [0.4, 0.5) is 0 Å². The van der Waals surface area contributed by atoms with Gasteiger partial charge in [0.25, 0.3) is 5.91 Å². The average Bonchev–Trinajstić information content (AvgIpc) is 2.75. The number of nitrogens with one attached hydrogen (secondary N) is 2. The maximum absolute atomic E-state index is 12.8. The lowest BCUT2D eigenvalue weighted by atomic mass is 9.99. The SMILES string of the molecule is CCCCOC1=CCC(C(=O)N/C(=C\c2ccc(Cl)cc2)C(=O)NCCOC)C=C1. The van der Waals surface area contributed by atoms with Crippen molar-refractivity contribution in [2.45, 2.75) is 26.2 Å². The van der Waals surface area contributed by atoms with Crippen LogP contribution in [0.15, 0.2) is 53.9 Å². The highest BCUT2D eigenvalue weighted by atomic mass is 35.5. The summed E-state index contributed by atoms with van der Waals surface area (Å²) in [5.74, 6) is -0.225. The number of benzene rings is 1. The minimum absolute atomic E-state index is 0.167. The van der Waals surface area contributed by atoms with Gasteiger partial charge in [0, 0.05) is 18.7 Å². The summed E-state index contributed by atoms with van der Waals surface area (Å²) < 4.78 is 10.6. The molecule has 1 aliphatic rings. The molecule has 1 atom stereocenters. The van der Waals surface area contributed by atoms with E-state index in [4.69, 9.17) is 21.1 Å². The molecule has 0 bridgehead atoms. The monoisotopic (exact) mass is 432 g/mol. The summed E-state index contributed by atoms with van der Waals surface area (Å²) in [7, 11) is 1.56. The molecule has 7 heteroatoms. The molecule has 0 saturated carbocycles. The summed E-state index contributed by atoms with van der Waals surface area (Å²) in [5, 5.41) is 6.09. The highest BCUT2D eigenvalue weighted by molar-refractivity contribution is 6.30. The van der Waals surface area contributed by atoms with Crippen LogP contribution < -0.4 is 10.6 Å². The number of rotatable bonds is 11. The van der Waals surface area contributed by atoms with Crippen molar-refractivity contribution in [1.29, 1.82) is 0 Å². The van der Waals surface area contributed by atoms with E-state index >= 15 is 0 Å². The first-order valence-corrected chi connectivity index (χ1v) is 10.5. The molecule has 0 saturated heterocycles. The van der Waals surface area contributed by atoms with E-state index in [-0.39, 0.29) is 23.4 Å². The first-order chi connectivity index (χ1) is 14.5. The third-order valence-corrected chi connectivity index (χ3v) is 4.70. The lowest BCUT2D eigenvalue weighted by molar-refractivity contribution is -0.125. The molecule has 162 valence electrons. The van der Waals surface area contributed by atoms with E-state index in [9.17, 15) is 9.59 Å². The molecule has 1 aromatic carbocycles. The van der Waals surface area contributed by atoms with Gasteiger partial charge in [-0.05, 0) is 48.8 Å².